The van der Waals surface area contributed by atoms with E-state index in [0.717, 1.165) is 55.1 Å². The van der Waals surface area contributed by atoms with Gasteiger partial charge in [0.25, 0.3) is 5.91 Å². The SMILES string of the molecule is O=C1CCC(N2Cc3cc(C(O)CCN4CCN(c5ccc(-c6cnc7[nH]cc(C(=O)c8c(F)ccc(NS(=O)(=O)C9CC[C@@H](F)C9)c8F)c7c6)cc5)CC4)ccc3C2=O)C(=O)N1. The maximum absolute atomic E-state index is 15.8. The van der Waals surface area contributed by atoms with E-state index in [1.54, 1.807) is 24.4 Å². The maximum Gasteiger partial charge on any atom is 0.255 e. The Morgan fingerprint density at radius 2 is 1.73 bits per heavy atom. The summed E-state index contributed by atoms with van der Waals surface area (Å²) >= 11 is 0. The number of H-pyrrole nitrogens is 1. The Kier molecular flexibility index (Phi) is 11.3. The van der Waals surface area contributed by atoms with Crippen molar-refractivity contribution in [3.8, 4) is 11.1 Å². The second-order valence-corrected chi connectivity index (χ2v) is 18.6. The van der Waals surface area contributed by atoms with Gasteiger partial charge in [-0.15, -0.1) is 0 Å². The van der Waals surface area contributed by atoms with Gasteiger partial charge in [-0.3, -0.25) is 34.1 Å². The van der Waals surface area contributed by atoms with Crippen LogP contribution in [0.25, 0.3) is 22.2 Å². The highest BCUT2D eigenvalue weighted by Crippen LogP contribution is 2.34. The normalized spacial score (nSPS) is 21.2. The smallest absolute Gasteiger partial charge is 0.255 e. The molecule has 3 aromatic carbocycles. The topological polar surface area (TPSA) is 185 Å². The van der Waals surface area contributed by atoms with Crippen LogP contribution in [0.4, 0.5) is 24.5 Å². The lowest BCUT2D eigenvalue weighted by Gasteiger charge is -2.36. The van der Waals surface area contributed by atoms with Gasteiger partial charge in [0.15, 0.2) is 5.82 Å². The summed E-state index contributed by atoms with van der Waals surface area (Å²) in [5, 5.41) is 12.7. The zero-order chi connectivity index (χ0) is 44.2. The number of carbonyl (C=O) groups is 4. The number of amides is 3. The van der Waals surface area contributed by atoms with Crippen LogP contribution in [-0.4, -0.2) is 107 Å². The van der Waals surface area contributed by atoms with Gasteiger partial charge < -0.3 is 19.9 Å². The first-order valence-electron chi connectivity index (χ1n) is 20.9. The number of hydrogen-bond donors (Lipinski definition) is 4. The Morgan fingerprint density at radius 1 is 0.952 bits per heavy atom. The van der Waals surface area contributed by atoms with Crippen molar-refractivity contribution in [1.29, 1.82) is 0 Å². The molecule has 4 aliphatic rings. The first-order valence-corrected chi connectivity index (χ1v) is 22.5. The number of ketones is 1. The number of hydrogen-bond acceptors (Lipinski definition) is 10. The first-order chi connectivity index (χ1) is 30.2. The number of piperazine rings is 1. The predicted octanol–water partition coefficient (Wildman–Crippen LogP) is 5.38. The third kappa shape index (κ3) is 8.29. The van der Waals surface area contributed by atoms with Crippen LogP contribution < -0.4 is 14.9 Å². The number of rotatable bonds is 12. The molecule has 9 rings (SSSR count). The average molecular weight is 884 g/mol. The highest BCUT2D eigenvalue weighted by molar-refractivity contribution is 7.93. The van der Waals surface area contributed by atoms with Gasteiger partial charge in [0.1, 0.15) is 23.7 Å². The lowest BCUT2D eigenvalue weighted by Crippen LogP contribution is -2.52. The number of carbonyl (C=O) groups excluding carboxylic acids is 4. The molecule has 1 saturated carbocycles. The number of aromatic amines is 1. The van der Waals surface area contributed by atoms with Gasteiger partial charge in [-0.05, 0) is 85.2 Å². The van der Waals surface area contributed by atoms with E-state index in [1.165, 1.54) is 11.1 Å². The lowest BCUT2D eigenvalue weighted by molar-refractivity contribution is -0.136. The van der Waals surface area contributed by atoms with Gasteiger partial charge in [-0.25, -0.2) is 26.6 Å². The average Bonchev–Trinajstić information content (AvgIpc) is 4.00. The van der Waals surface area contributed by atoms with E-state index in [1.807, 2.05) is 30.3 Å². The maximum atomic E-state index is 15.8. The van der Waals surface area contributed by atoms with Crippen LogP contribution in [0.15, 0.2) is 73.1 Å². The predicted molar refractivity (Wildman–Crippen MR) is 227 cm³/mol. The van der Waals surface area contributed by atoms with Crippen molar-refractivity contribution < 1.29 is 45.9 Å². The number of anilines is 2. The fourth-order valence-electron chi connectivity index (χ4n) is 9.10. The minimum Gasteiger partial charge on any atom is -0.388 e. The van der Waals surface area contributed by atoms with Crippen molar-refractivity contribution >= 4 is 55.9 Å². The summed E-state index contributed by atoms with van der Waals surface area (Å²) in [5.41, 5.74) is 3.11. The van der Waals surface area contributed by atoms with Crippen molar-refractivity contribution in [3.63, 3.8) is 0 Å². The number of pyridine rings is 1. The second kappa shape index (κ2) is 16.9. The van der Waals surface area contributed by atoms with Crippen molar-refractivity contribution in [2.45, 2.75) is 68.6 Å². The quantitative estimate of drug-likeness (QED) is 0.0938. The number of nitrogens with zero attached hydrogens (tertiary/aromatic N) is 4. The van der Waals surface area contributed by atoms with Crippen LogP contribution in [0, 0.1) is 11.6 Å². The summed E-state index contributed by atoms with van der Waals surface area (Å²) in [6, 6.07) is 15.8. The summed E-state index contributed by atoms with van der Waals surface area (Å²) < 4.78 is 72.4. The molecule has 5 aromatic rings. The number of alkyl halides is 1. The first kappa shape index (κ1) is 42.2. The fraction of sp³-hybridized carbons (Fsp3) is 0.356. The van der Waals surface area contributed by atoms with E-state index in [4.69, 9.17) is 0 Å². The molecule has 0 bridgehead atoms. The number of aliphatic hydroxyl groups is 1. The van der Waals surface area contributed by atoms with Gasteiger partial charge in [0, 0.05) is 85.8 Å². The van der Waals surface area contributed by atoms with E-state index in [-0.39, 0.29) is 56.0 Å². The van der Waals surface area contributed by atoms with E-state index in [0.29, 0.717) is 40.7 Å². The van der Waals surface area contributed by atoms with E-state index in [9.17, 15) is 37.1 Å². The van der Waals surface area contributed by atoms with Gasteiger partial charge in [0.05, 0.1) is 22.6 Å². The van der Waals surface area contributed by atoms with Gasteiger partial charge in [-0.2, -0.15) is 0 Å². The molecular weight excluding hydrogens is 840 g/mol. The number of benzene rings is 3. The van der Waals surface area contributed by atoms with Gasteiger partial charge >= 0.3 is 0 Å². The Labute approximate surface area is 360 Å². The molecule has 3 aliphatic heterocycles. The third-order valence-corrected chi connectivity index (χ3v) is 14.5. The zero-order valence-electron chi connectivity index (χ0n) is 34.0. The summed E-state index contributed by atoms with van der Waals surface area (Å²) in [4.78, 5) is 64.2. The highest BCUT2D eigenvalue weighted by Gasteiger charge is 2.40. The van der Waals surface area contributed by atoms with Crippen LogP contribution in [0.2, 0.25) is 0 Å². The van der Waals surface area contributed by atoms with Crippen LogP contribution in [0.3, 0.4) is 0 Å². The zero-order valence-corrected chi connectivity index (χ0v) is 34.8. The van der Waals surface area contributed by atoms with Crippen LogP contribution in [0.5, 0.6) is 0 Å². The Morgan fingerprint density at radius 3 is 2.46 bits per heavy atom. The van der Waals surface area contributed by atoms with Gasteiger partial charge in [-0.1, -0.05) is 24.3 Å². The second-order valence-electron chi connectivity index (χ2n) is 16.6. The van der Waals surface area contributed by atoms with Crippen molar-refractivity contribution in [2.24, 2.45) is 0 Å². The third-order valence-electron chi connectivity index (χ3n) is 12.7. The molecule has 14 nitrogen and oxygen atoms in total. The molecule has 63 heavy (non-hydrogen) atoms. The number of fused-ring (bicyclic) bond motifs is 2. The summed E-state index contributed by atoms with van der Waals surface area (Å²) in [6.07, 6.45) is 1.76. The summed E-state index contributed by atoms with van der Waals surface area (Å²) in [7, 11) is -4.20. The van der Waals surface area contributed by atoms with Crippen molar-refractivity contribution in [3.05, 3.63) is 113 Å². The minimum absolute atomic E-state index is 0.0580. The molecule has 3 amide bonds. The molecule has 5 heterocycles. The number of halogens is 3. The fourth-order valence-corrected chi connectivity index (χ4v) is 10.6. The highest BCUT2D eigenvalue weighted by atomic mass is 32.2. The molecule has 2 aromatic heterocycles. The number of sulfonamides is 1. The summed E-state index contributed by atoms with van der Waals surface area (Å²) in [5.74, 6) is -4.61. The van der Waals surface area contributed by atoms with E-state index < -0.39 is 68.2 Å². The molecule has 18 heteroatoms. The van der Waals surface area contributed by atoms with E-state index in [2.05, 4.69) is 29.8 Å². The lowest BCUT2D eigenvalue weighted by atomic mass is 9.99. The van der Waals surface area contributed by atoms with Crippen LogP contribution in [0.1, 0.15) is 82.0 Å². The van der Waals surface area contributed by atoms with Crippen molar-refractivity contribution in [2.75, 3.05) is 42.3 Å². The summed E-state index contributed by atoms with van der Waals surface area (Å²) in [6.45, 7) is 3.96. The van der Waals surface area contributed by atoms with Crippen LogP contribution >= 0.6 is 0 Å². The molecule has 328 valence electrons. The number of imide groups is 1. The van der Waals surface area contributed by atoms with Crippen molar-refractivity contribution in [1.82, 2.24) is 25.1 Å². The monoisotopic (exact) mass is 883 g/mol. The molecule has 1 aliphatic carbocycles. The Hall–Kier alpha value is -6.11. The minimum atomic E-state index is -4.20. The standard InChI is InChI=1S/C45H44F3N7O7S/c46-29-4-7-31(21-29)63(61,62)52-36-10-9-35(47)40(41(36)48)42(58)34-23-50-43-33(34)20-27(22-49-43)25-1-5-30(6-2-25)54-17-15-53(16-18-54)14-13-38(56)26-3-8-32-28(19-26)24-55(45(32)60)37-11-12-39(57)51-44(37)59/h1-3,5-6,8-10,19-20,22-23,29,31,37-38,52,56H,4,7,11-18,21,24H2,(H,49,50)(H,51,57,59)/t29-,31?,37?,38?/m1/s1. The van der Waals surface area contributed by atoms with Gasteiger partial charge in [0.2, 0.25) is 27.6 Å². The molecular formula is C45H44F3N7O7S. The molecule has 0 radical (unpaired) electrons. The molecule has 4 atom stereocenters. The Bertz CT molecular complexity index is 2760. The number of piperidine rings is 1. The Balaban J connectivity index is 0.807. The molecule has 3 fully saturated rings. The molecule has 4 N–H and O–H groups in total. The largest absolute Gasteiger partial charge is 0.388 e. The molecule has 0 spiro atoms. The van der Waals surface area contributed by atoms with Crippen LogP contribution in [-0.2, 0) is 26.2 Å². The molecule has 3 unspecified atom stereocenters. The molecule has 2 saturated heterocycles. The van der Waals surface area contributed by atoms with E-state index >= 15 is 8.78 Å². The number of nitrogens with one attached hydrogen (secondary N) is 3. The number of aliphatic hydroxyl groups excluding tert-OH is 1. The number of aromatic nitrogens is 2.